The fraction of sp³-hybridized carbons (Fsp3) is 0.600. The van der Waals surface area contributed by atoms with Crippen LogP contribution in [-0.2, 0) is 6.42 Å². The molecule has 1 aromatic rings. The molecule has 0 amide bonds. The molecule has 0 saturated heterocycles. The maximum absolute atomic E-state index is 10.9. The summed E-state index contributed by atoms with van der Waals surface area (Å²) in [5.41, 5.74) is 1.18. The van der Waals surface area contributed by atoms with Gasteiger partial charge in [0.15, 0.2) is 11.5 Å². The van der Waals surface area contributed by atoms with E-state index in [0.29, 0.717) is 24.2 Å². The Morgan fingerprint density at radius 2 is 1.87 bits per heavy atom. The SMILES string of the molecule is C#C[C@]1(O)CC[C@@H]2[C@@H]3CCc4cc(O)c(O)cc4[C@@H]3CC[C@@]21C. The van der Waals surface area contributed by atoms with Crippen molar-refractivity contribution >= 4 is 0 Å². The van der Waals surface area contributed by atoms with Crippen LogP contribution in [0.25, 0.3) is 0 Å². The molecule has 0 heterocycles. The van der Waals surface area contributed by atoms with E-state index in [4.69, 9.17) is 6.42 Å². The van der Waals surface area contributed by atoms with Gasteiger partial charge in [0.2, 0.25) is 0 Å². The van der Waals surface area contributed by atoms with Crippen LogP contribution in [0.5, 0.6) is 11.5 Å². The molecule has 0 aromatic heterocycles. The number of aryl methyl sites for hydroxylation is 1. The number of phenolic OH excluding ortho intramolecular Hbond substituents is 2. The summed E-state index contributed by atoms with van der Waals surface area (Å²) in [6, 6.07) is 3.48. The van der Waals surface area contributed by atoms with Crippen LogP contribution in [0.1, 0.15) is 56.1 Å². The fourth-order valence-corrected chi connectivity index (χ4v) is 5.85. The molecule has 23 heavy (non-hydrogen) atoms. The monoisotopic (exact) mass is 312 g/mol. The van der Waals surface area contributed by atoms with E-state index < -0.39 is 5.60 Å². The van der Waals surface area contributed by atoms with Crippen LogP contribution in [0, 0.1) is 29.6 Å². The molecule has 0 radical (unpaired) electrons. The summed E-state index contributed by atoms with van der Waals surface area (Å²) in [6.07, 6.45) is 11.3. The van der Waals surface area contributed by atoms with E-state index in [-0.39, 0.29) is 16.9 Å². The van der Waals surface area contributed by atoms with Crippen molar-refractivity contribution in [3.63, 3.8) is 0 Å². The predicted octanol–water partition coefficient (Wildman–Crippen LogP) is 3.32. The number of benzene rings is 1. The van der Waals surface area contributed by atoms with Crippen LogP contribution < -0.4 is 0 Å². The second kappa shape index (κ2) is 4.68. The van der Waals surface area contributed by atoms with Gasteiger partial charge >= 0.3 is 0 Å². The third-order valence-electron chi connectivity index (χ3n) is 7.21. The van der Waals surface area contributed by atoms with E-state index in [9.17, 15) is 15.3 Å². The van der Waals surface area contributed by atoms with Crippen molar-refractivity contribution in [2.24, 2.45) is 17.3 Å². The van der Waals surface area contributed by atoms with Crippen LogP contribution in [0.4, 0.5) is 0 Å². The quantitative estimate of drug-likeness (QED) is 0.509. The molecule has 122 valence electrons. The molecule has 0 spiro atoms. The lowest BCUT2D eigenvalue weighted by atomic mass is 9.53. The Morgan fingerprint density at radius 1 is 1.13 bits per heavy atom. The summed E-state index contributed by atoms with van der Waals surface area (Å²) in [6.45, 7) is 2.17. The number of fused-ring (bicyclic) bond motifs is 5. The molecule has 2 fully saturated rings. The Balaban J connectivity index is 1.74. The minimum absolute atomic E-state index is 0.0228. The first-order valence-electron chi connectivity index (χ1n) is 8.64. The molecule has 3 aliphatic carbocycles. The standard InChI is InChI=1S/C20H24O3/c1-3-20(23)9-7-16-14-5-4-12-10-17(21)18(22)11-15(12)13(14)6-8-19(16,20)2/h1,10-11,13-14,16,21-23H,4-9H2,2H3/t13-,14-,16-,19+,20+/m1/s1. The molecular formula is C20H24O3. The van der Waals surface area contributed by atoms with Crippen LogP contribution in [0.15, 0.2) is 12.1 Å². The minimum Gasteiger partial charge on any atom is -0.504 e. The highest BCUT2D eigenvalue weighted by Gasteiger charge is 2.61. The van der Waals surface area contributed by atoms with Gasteiger partial charge in [-0.25, -0.2) is 0 Å². The van der Waals surface area contributed by atoms with Crippen LogP contribution >= 0.6 is 0 Å². The highest BCUT2D eigenvalue weighted by molar-refractivity contribution is 5.48. The van der Waals surface area contributed by atoms with Gasteiger partial charge in [-0.2, -0.15) is 0 Å². The summed E-state index contributed by atoms with van der Waals surface area (Å²) < 4.78 is 0. The lowest BCUT2D eigenvalue weighted by Crippen LogP contribution is -2.50. The molecule has 0 aliphatic heterocycles. The van der Waals surface area contributed by atoms with Crippen LogP contribution in [-0.4, -0.2) is 20.9 Å². The molecule has 3 nitrogen and oxygen atoms in total. The molecule has 2 saturated carbocycles. The summed E-state index contributed by atoms with van der Waals surface area (Å²) in [4.78, 5) is 0. The number of terminal acetylenes is 1. The van der Waals surface area contributed by atoms with Gasteiger partial charge < -0.3 is 15.3 Å². The van der Waals surface area contributed by atoms with Crippen molar-refractivity contribution in [2.75, 3.05) is 0 Å². The van der Waals surface area contributed by atoms with Gasteiger partial charge in [-0.1, -0.05) is 12.8 Å². The second-order valence-corrected chi connectivity index (χ2v) is 7.95. The lowest BCUT2D eigenvalue weighted by Gasteiger charge is -2.52. The number of phenols is 2. The summed E-state index contributed by atoms with van der Waals surface area (Å²) >= 11 is 0. The third kappa shape index (κ3) is 1.82. The normalized spacial score (nSPS) is 41.5. The molecule has 3 aliphatic rings. The Kier molecular flexibility index (Phi) is 3.03. The first-order chi connectivity index (χ1) is 10.9. The molecule has 0 unspecified atom stereocenters. The van der Waals surface area contributed by atoms with E-state index in [2.05, 4.69) is 12.8 Å². The van der Waals surface area contributed by atoms with Crippen LogP contribution in [0.3, 0.4) is 0 Å². The largest absolute Gasteiger partial charge is 0.504 e. The molecule has 1 aromatic carbocycles. The van der Waals surface area contributed by atoms with E-state index >= 15 is 0 Å². The van der Waals surface area contributed by atoms with Gasteiger partial charge in [-0.05, 0) is 79.5 Å². The molecule has 5 atom stereocenters. The number of hydrogen-bond donors (Lipinski definition) is 3. The lowest BCUT2D eigenvalue weighted by molar-refractivity contribution is -0.0647. The van der Waals surface area contributed by atoms with E-state index in [1.807, 2.05) is 0 Å². The van der Waals surface area contributed by atoms with Gasteiger partial charge in [0.25, 0.3) is 0 Å². The summed E-state index contributed by atoms with van der Waals surface area (Å²) in [5, 5.41) is 30.6. The number of aromatic hydroxyl groups is 2. The average molecular weight is 312 g/mol. The number of aliphatic hydroxyl groups is 1. The zero-order valence-electron chi connectivity index (χ0n) is 13.5. The molecule has 0 bridgehead atoms. The first-order valence-corrected chi connectivity index (χ1v) is 8.64. The Labute approximate surface area is 137 Å². The topological polar surface area (TPSA) is 60.7 Å². The Morgan fingerprint density at radius 3 is 2.61 bits per heavy atom. The van der Waals surface area contributed by atoms with Crippen molar-refractivity contribution < 1.29 is 15.3 Å². The summed E-state index contributed by atoms with van der Waals surface area (Å²) in [5.74, 6) is 4.00. The zero-order chi connectivity index (χ0) is 16.4. The van der Waals surface area contributed by atoms with Crippen molar-refractivity contribution in [1.29, 1.82) is 0 Å². The van der Waals surface area contributed by atoms with Gasteiger partial charge in [-0.3, -0.25) is 0 Å². The molecule has 3 heteroatoms. The van der Waals surface area contributed by atoms with Crippen molar-refractivity contribution in [3.05, 3.63) is 23.3 Å². The van der Waals surface area contributed by atoms with E-state index in [0.717, 1.165) is 37.7 Å². The highest BCUT2D eigenvalue weighted by atomic mass is 16.3. The first kappa shape index (κ1) is 14.9. The second-order valence-electron chi connectivity index (χ2n) is 7.95. The Hall–Kier alpha value is -1.66. The van der Waals surface area contributed by atoms with Crippen molar-refractivity contribution in [3.8, 4) is 23.8 Å². The fourth-order valence-electron chi connectivity index (χ4n) is 5.85. The maximum atomic E-state index is 10.9. The highest BCUT2D eigenvalue weighted by Crippen LogP contribution is 2.64. The van der Waals surface area contributed by atoms with Crippen LogP contribution in [0.2, 0.25) is 0 Å². The molecular weight excluding hydrogens is 288 g/mol. The van der Waals surface area contributed by atoms with E-state index in [1.165, 1.54) is 5.56 Å². The van der Waals surface area contributed by atoms with E-state index in [1.54, 1.807) is 12.1 Å². The maximum Gasteiger partial charge on any atom is 0.157 e. The number of hydrogen-bond acceptors (Lipinski definition) is 3. The third-order valence-corrected chi connectivity index (χ3v) is 7.21. The van der Waals surface area contributed by atoms with Gasteiger partial charge in [0, 0.05) is 5.41 Å². The van der Waals surface area contributed by atoms with Gasteiger partial charge in [-0.15, -0.1) is 6.42 Å². The van der Waals surface area contributed by atoms with Gasteiger partial charge in [0.1, 0.15) is 5.60 Å². The van der Waals surface area contributed by atoms with Crippen molar-refractivity contribution in [2.45, 2.75) is 57.0 Å². The van der Waals surface area contributed by atoms with Crippen molar-refractivity contribution in [1.82, 2.24) is 0 Å². The Bertz CT molecular complexity index is 704. The molecule has 3 N–H and O–H groups in total. The predicted molar refractivity (Wildman–Crippen MR) is 88.2 cm³/mol. The average Bonchev–Trinajstić information content (AvgIpc) is 2.81. The smallest absolute Gasteiger partial charge is 0.157 e. The zero-order valence-corrected chi connectivity index (χ0v) is 13.5. The minimum atomic E-state index is -0.972. The molecule has 4 rings (SSSR count). The van der Waals surface area contributed by atoms with Gasteiger partial charge in [0.05, 0.1) is 0 Å². The summed E-state index contributed by atoms with van der Waals surface area (Å²) in [7, 11) is 0. The number of rotatable bonds is 0.